The van der Waals surface area contributed by atoms with Crippen LogP contribution in [0.25, 0.3) is 0 Å². The standard InChI is InChI=1S/C26H41N3O3/c1-3-19(4-2)17-28(25(31)18-30)12-5-6-13-29-23-10-11-24(29)16-22(15-23)20-8-7-9-21(14-20)26(27)32/h7-9,14,19,22-24,30H,3-6,10-13,15-18H2,1-2H3,(H2,27,32)/t22?,23-,24+. The molecule has 6 nitrogen and oxygen atoms in total. The van der Waals surface area contributed by atoms with E-state index in [0.717, 1.165) is 58.2 Å². The monoisotopic (exact) mass is 443 g/mol. The molecule has 3 atom stereocenters. The molecule has 0 aromatic heterocycles. The molecule has 6 heteroatoms. The number of unbranched alkanes of at least 4 members (excludes halogenated alkanes) is 1. The van der Waals surface area contributed by atoms with E-state index in [1.165, 1.54) is 18.4 Å². The summed E-state index contributed by atoms with van der Waals surface area (Å²) in [4.78, 5) is 28.3. The second-order valence-electron chi connectivity index (χ2n) is 9.67. The van der Waals surface area contributed by atoms with Crippen LogP contribution in [0.1, 0.15) is 87.1 Å². The lowest BCUT2D eigenvalue weighted by atomic mass is 9.84. The average molecular weight is 444 g/mol. The summed E-state index contributed by atoms with van der Waals surface area (Å²) in [6, 6.07) is 9.08. The fourth-order valence-corrected chi connectivity index (χ4v) is 5.73. The summed E-state index contributed by atoms with van der Waals surface area (Å²) in [5, 5.41) is 9.34. The summed E-state index contributed by atoms with van der Waals surface area (Å²) in [6.45, 7) is 6.51. The van der Waals surface area contributed by atoms with Crippen molar-refractivity contribution in [3.05, 3.63) is 35.4 Å². The lowest BCUT2D eigenvalue weighted by Crippen LogP contribution is -2.43. The fraction of sp³-hybridized carbons (Fsp3) is 0.692. The van der Waals surface area contributed by atoms with Crippen LogP contribution >= 0.6 is 0 Å². The molecule has 2 aliphatic rings. The van der Waals surface area contributed by atoms with E-state index in [9.17, 15) is 14.7 Å². The van der Waals surface area contributed by atoms with E-state index < -0.39 is 6.61 Å². The maximum Gasteiger partial charge on any atom is 0.248 e. The molecular formula is C26H41N3O3. The van der Waals surface area contributed by atoms with E-state index in [-0.39, 0.29) is 11.8 Å². The van der Waals surface area contributed by atoms with E-state index in [4.69, 9.17) is 5.73 Å². The van der Waals surface area contributed by atoms with Crippen LogP contribution in [0.5, 0.6) is 0 Å². The van der Waals surface area contributed by atoms with Crippen molar-refractivity contribution in [2.45, 2.75) is 83.2 Å². The minimum absolute atomic E-state index is 0.143. The van der Waals surface area contributed by atoms with Gasteiger partial charge in [0.15, 0.2) is 0 Å². The summed E-state index contributed by atoms with van der Waals surface area (Å²) in [7, 11) is 0. The Hall–Kier alpha value is -1.92. The van der Waals surface area contributed by atoms with Crippen LogP contribution in [0.15, 0.2) is 24.3 Å². The van der Waals surface area contributed by atoms with Crippen molar-refractivity contribution in [2.24, 2.45) is 11.7 Å². The van der Waals surface area contributed by atoms with Crippen LogP contribution in [0.2, 0.25) is 0 Å². The molecule has 0 saturated carbocycles. The minimum Gasteiger partial charge on any atom is -0.387 e. The Bertz CT molecular complexity index is 750. The van der Waals surface area contributed by atoms with Gasteiger partial charge < -0.3 is 15.7 Å². The second-order valence-corrected chi connectivity index (χ2v) is 9.67. The van der Waals surface area contributed by atoms with Crippen LogP contribution < -0.4 is 5.73 Å². The summed E-state index contributed by atoms with van der Waals surface area (Å²) in [6.07, 6.45) is 8.96. The highest BCUT2D eigenvalue weighted by Gasteiger charge is 2.40. The number of hydrogen-bond donors (Lipinski definition) is 2. The zero-order valence-corrected chi connectivity index (χ0v) is 19.8. The largest absolute Gasteiger partial charge is 0.387 e. The first-order valence-corrected chi connectivity index (χ1v) is 12.5. The van der Waals surface area contributed by atoms with Crippen LogP contribution in [-0.2, 0) is 4.79 Å². The number of aliphatic hydroxyl groups excluding tert-OH is 1. The average Bonchev–Trinajstić information content (AvgIpc) is 3.04. The highest BCUT2D eigenvalue weighted by Crippen LogP contribution is 2.43. The molecule has 2 fully saturated rings. The maximum absolute atomic E-state index is 12.2. The Labute approximate surface area is 193 Å². The van der Waals surface area contributed by atoms with Crippen molar-refractivity contribution in [1.29, 1.82) is 0 Å². The van der Waals surface area contributed by atoms with Gasteiger partial charge in [0.2, 0.25) is 11.8 Å². The highest BCUT2D eigenvalue weighted by molar-refractivity contribution is 5.92. The van der Waals surface area contributed by atoms with E-state index in [1.54, 1.807) is 6.07 Å². The number of fused-ring (bicyclic) bond motifs is 2. The molecule has 1 unspecified atom stereocenters. The van der Waals surface area contributed by atoms with Gasteiger partial charge in [0.1, 0.15) is 6.61 Å². The molecule has 32 heavy (non-hydrogen) atoms. The molecule has 178 valence electrons. The van der Waals surface area contributed by atoms with Crippen molar-refractivity contribution in [3.63, 3.8) is 0 Å². The van der Waals surface area contributed by atoms with Crippen molar-refractivity contribution in [3.8, 4) is 0 Å². The number of hydrogen-bond acceptors (Lipinski definition) is 4. The molecule has 2 heterocycles. The molecule has 3 rings (SSSR count). The number of carbonyl (C=O) groups excluding carboxylic acids is 2. The second kappa shape index (κ2) is 11.8. The number of benzene rings is 1. The molecule has 3 N–H and O–H groups in total. The van der Waals surface area contributed by atoms with Gasteiger partial charge in [0.05, 0.1) is 0 Å². The zero-order valence-electron chi connectivity index (χ0n) is 19.8. The van der Waals surface area contributed by atoms with Gasteiger partial charge in [-0.05, 0) is 74.6 Å². The first-order valence-electron chi connectivity index (χ1n) is 12.5. The number of nitrogens with zero attached hydrogens (tertiary/aromatic N) is 2. The molecule has 2 amide bonds. The lowest BCUT2D eigenvalue weighted by Gasteiger charge is -2.39. The molecule has 0 aliphatic carbocycles. The summed E-state index contributed by atoms with van der Waals surface area (Å²) in [5.74, 6) is 0.510. The van der Waals surface area contributed by atoms with Gasteiger partial charge >= 0.3 is 0 Å². The number of nitrogens with two attached hydrogens (primary N) is 1. The SMILES string of the molecule is CCC(CC)CN(CCCCN1[C@@H]2CC[C@H]1CC(c1cccc(C(N)=O)c1)C2)C(=O)CO. The number of carbonyl (C=O) groups is 2. The van der Waals surface area contributed by atoms with Gasteiger partial charge in [0, 0.05) is 30.7 Å². The lowest BCUT2D eigenvalue weighted by molar-refractivity contribution is -0.135. The number of aliphatic hydroxyl groups is 1. The third-order valence-corrected chi connectivity index (χ3v) is 7.74. The summed E-state index contributed by atoms with van der Waals surface area (Å²) >= 11 is 0. The topological polar surface area (TPSA) is 86.9 Å². The zero-order chi connectivity index (χ0) is 23.1. The summed E-state index contributed by atoms with van der Waals surface area (Å²) < 4.78 is 0. The molecule has 2 saturated heterocycles. The normalized spacial score (nSPS) is 22.9. The van der Waals surface area contributed by atoms with Gasteiger partial charge in [-0.1, -0.05) is 38.8 Å². The van der Waals surface area contributed by atoms with Gasteiger partial charge in [-0.3, -0.25) is 14.5 Å². The molecular weight excluding hydrogens is 402 g/mol. The van der Waals surface area contributed by atoms with Gasteiger partial charge in [-0.15, -0.1) is 0 Å². The first kappa shape index (κ1) is 24.7. The van der Waals surface area contributed by atoms with Crippen LogP contribution in [-0.4, -0.2) is 65.0 Å². The molecule has 0 radical (unpaired) electrons. The third-order valence-electron chi connectivity index (χ3n) is 7.74. The molecule has 1 aromatic carbocycles. The van der Waals surface area contributed by atoms with Crippen LogP contribution in [0, 0.1) is 5.92 Å². The number of amides is 2. The van der Waals surface area contributed by atoms with E-state index in [1.807, 2.05) is 17.0 Å². The molecule has 2 aliphatic heterocycles. The predicted octanol–water partition coefficient (Wildman–Crippen LogP) is 3.53. The highest BCUT2D eigenvalue weighted by atomic mass is 16.3. The first-order chi connectivity index (χ1) is 15.5. The molecule has 2 bridgehead atoms. The van der Waals surface area contributed by atoms with Crippen molar-refractivity contribution in [2.75, 3.05) is 26.2 Å². The van der Waals surface area contributed by atoms with Gasteiger partial charge in [-0.2, -0.15) is 0 Å². The quantitative estimate of drug-likeness (QED) is 0.484. The van der Waals surface area contributed by atoms with Gasteiger partial charge in [-0.25, -0.2) is 0 Å². The van der Waals surface area contributed by atoms with E-state index >= 15 is 0 Å². The van der Waals surface area contributed by atoms with Crippen molar-refractivity contribution < 1.29 is 14.7 Å². The summed E-state index contributed by atoms with van der Waals surface area (Å²) in [5.41, 5.74) is 7.33. The fourth-order valence-electron chi connectivity index (χ4n) is 5.73. The van der Waals surface area contributed by atoms with E-state index in [0.29, 0.717) is 29.5 Å². The Morgan fingerprint density at radius 2 is 1.84 bits per heavy atom. The van der Waals surface area contributed by atoms with Crippen LogP contribution in [0.3, 0.4) is 0 Å². The smallest absolute Gasteiger partial charge is 0.248 e. The number of rotatable bonds is 12. The third kappa shape index (κ3) is 6.10. The van der Waals surface area contributed by atoms with Gasteiger partial charge in [0.25, 0.3) is 0 Å². The number of piperidine rings is 1. The molecule has 0 spiro atoms. The number of primary amides is 1. The Morgan fingerprint density at radius 3 is 2.44 bits per heavy atom. The predicted molar refractivity (Wildman–Crippen MR) is 127 cm³/mol. The Morgan fingerprint density at radius 1 is 1.16 bits per heavy atom. The van der Waals surface area contributed by atoms with E-state index in [2.05, 4.69) is 24.8 Å². The Kier molecular flexibility index (Phi) is 9.11. The van der Waals surface area contributed by atoms with Crippen LogP contribution in [0.4, 0.5) is 0 Å². The maximum atomic E-state index is 12.2. The van der Waals surface area contributed by atoms with Crippen molar-refractivity contribution in [1.82, 2.24) is 9.80 Å². The Balaban J connectivity index is 1.49. The van der Waals surface area contributed by atoms with Crippen molar-refractivity contribution >= 4 is 11.8 Å². The molecule has 1 aromatic rings. The minimum atomic E-state index is -0.394.